The van der Waals surface area contributed by atoms with E-state index in [1.54, 1.807) is 0 Å². The van der Waals surface area contributed by atoms with E-state index in [1.807, 2.05) is 72.8 Å². The summed E-state index contributed by atoms with van der Waals surface area (Å²) in [5, 5.41) is 0. The number of rotatable bonds is 1. The van der Waals surface area contributed by atoms with Gasteiger partial charge in [0.05, 0.1) is 22.8 Å². The van der Waals surface area contributed by atoms with Crippen LogP contribution in [0.4, 0.5) is 0 Å². The average molecular weight is 613 g/mol. The van der Waals surface area contributed by atoms with E-state index in [-0.39, 0.29) is 0 Å². The van der Waals surface area contributed by atoms with E-state index in [0.29, 0.717) is 6.54 Å². The quantitative estimate of drug-likeness (QED) is 0.229. The van der Waals surface area contributed by atoms with Crippen LogP contribution in [0.25, 0.3) is 46.4 Å². The fourth-order valence-electron chi connectivity index (χ4n) is 3.55. The summed E-state index contributed by atoms with van der Waals surface area (Å²) in [5.74, 6) is 0. The van der Waals surface area contributed by atoms with Crippen LogP contribution in [-0.4, -0.2) is 19.9 Å². The molecule has 0 saturated heterocycles. The zero-order chi connectivity index (χ0) is 22.6. The molecule has 3 aromatic heterocycles. The molecule has 0 saturated carbocycles. The van der Waals surface area contributed by atoms with Crippen molar-refractivity contribution in [2.24, 2.45) is 5.73 Å². The van der Waals surface area contributed by atoms with Gasteiger partial charge < -0.3 is 9.97 Å². The molecule has 0 radical (unpaired) electrons. The summed E-state index contributed by atoms with van der Waals surface area (Å²) in [6, 6.07) is 24.5. The van der Waals surface area contributed by atoms with Crippen LogP contribution in [0.3, 0.4) is 0 Å². The molecule has 0 atom stereocenters. The summed E-state index contributed by atoms with van der Waals surface area (Å²) in [7, 11) is 0. The second-order valence-corrected chi connectivity index (χ2v) is 8.94. The van der Waals surface area contributed by atoms with Crippen molar-refractivity contribution in [3.63, 3.8) is 0 Å². The van der Waals surface area contributed by atoms with Gasteiger partial charge in [-0.05, 0) is 72.8 Å². The molecule has 8 bridgehead atoms. The van der Waals surface area contributed by atoms with Crippen LogP contribution in [-0.2, 0) is 27.6 Å². The zero-order valence-electron chi connectivity index (χ0n) is 17.7. The molecule has 0 fully saturated rings. The maximum absolute atomic E-state index is 5.40. The Hall–Kier alpha value is -3.48. The Kier molecular flexibility index (Phi) is 6.19. The molecule has 4 N–H and O–H groups in total. The molecule has 0 aliphatic carbocycles. The van der Waals surface area contributed by atoms with Crippen molar-refractivity contribution in [1.29, 1.82) is 0 Å². The first-order chi connectivity index (χ1) is 16.1. The average Bonchev–Trinajstić information content (AvgIpc) is 3.61. The fourth-order valence-corrected chi connectivity index (χ4v) is 3.91. The van der Waals surface area contributed by atoms with Crippen LogP contribution in [0.5, 0.6) is 0 Å². The van der Waals surface area contributed by atoms with Gasteiger partial charge in [0.15, 0.2) is 0 Å². The Morgan fingerprint density at radius 3 is 1.27 bits per heavy atom. The normalized spacial score (nSPS) is 11.8. The van der Waals surface area contributed by atoms with E-state index in [0.717, 1.165) is 44.8 Å². The molecule has 2 aliphatic heterocycles. The van der Waals surface area contributed by atoms with Crippen molar-refractivity contribution in [3.8, 4) is 0 Å². The van der Waals surface area contributed by atoms with E-state index in [9.17, 15) is 0 Å². The van der Waals surface area contributed by atoms with Gasteiger partial charge in [0, 0.05) is 22.1 Å². The van der Waals surface area contributed by atoms with Crippen LogP contribution in [0.2, 0.25) is 0 Å². The molecule has 6 heteroatoms. The molecule has 1 aromatic carbocycles. The van der Waals surface area contributed by atoms with Crippen molar-refractivity contribution in [2.75, 3.05) is 0 Å². The summed E-state index contributed by atoms with van der Waals surface area (Å²) < 4.78 is 1.23. The first-order valence-electron chi connectivity index (χ1n) is 10.6. The summed E-state index contributed by atoms with van der Waals surface area (Å²) >= 11 is 2.44. The summed E-state index contributed by atoms with van der Waals surface area (Å²) in [6.45, 7) is 0.633. The monoisotopic (exact) mass is 613 g/mol. The number of hydrogen-bond acceptors (Lipinski definition) is 3. The Labute approximate surface area is 204 Å². The number of nitrogens with one attached hydrogen (secondary N) is 2. The van der Waals surface area contributed by atoms with Crippen LogP contribution < -0.4 is 9.52 Å². The first kappa shape index (κ1) is 21.4. The van der Waals surface area contributed by atoms with Gasteiger partial charge in [0.1, 0.15) is 0 Å². The number of hydrogen-bond donors (Lipinski definition) is 3. The second kappa shape index (κ2) is 9.57. The van der Waals surface area contributed by atoms with E-state index in [1.165, 1.54) is 9.34 Å². The number of nitrogens with zero attached hydrogens (tertiary/aromatic N) is 2. The van der Waals surface area contributed by atoms with Gasteiger partial charge in [-0.15, -0.1) is 0 Å². The number of fused-ring (bicyclic) bond motifs is 8. The van der Waals surface area contributed by atoms with E-state index < -0.39 is 0 Å². The van der Waals surface area contributed by atoms with Crippen LogP contribution in [0.15, 0.2) is 72.8 Å². The van der Waals surface area contributed by atoms with Crippen LogP contribution >= 0.6 is 0 Å². The van der Waals surface area contributed by atoms with Gasteiger partial charge in [-0.2, -0.15) is 0 Å². The Balaban J connectivity index is 0.000000215. The van der Waals surface area contributed by atoms with Gasteiger partial charge in [-0.3, -0.25) is 0 Å². The summed E-state index contributed by atoms with van der Waals surface area (Å²) in [5.41, 5.74) is 14.4. The minimum atomic E-state index is 0.633. The molecule has 5 nitrogen and oxygen atoms in total. The van der Waals surface area contributed by atoms with E-state index in [4.69, 9.17) is 5.73 Å². The maximum atomic E-state index is 5.40. The Morgan fingerprint density at radius 1 is 0.576 bits per heavy atom. The molecular formula is C27H22AuN5. The van der Waals surface area contributed by atoms with Crippen molar-refractivity contribution >= 4 is 50.2 Å². The third kappa shape index (κ3) is 5.48. The standard InChI is InChI=1S/C20H14N4.C7H8N.Au/c1-2-14-10-16-5-6-18(23-16)12-20-8-7-19(24-20)11-17-4-3-15(22-17)9-13(1)21-14;8-6-7-4-2-1-3-5-7;/h1-12,21,24H;2-5H,6,8H2;. The summed E-state index contributed by atoms with van der Waals surface area (Å²) in [4.78, 5) is 16.0. The van der Waals surface area contributed by atoms with Crippen LogP contribution in [0.1, 0.15) is 28.3 Å². The molecule has 33 heavy (non-hydrogen) atoms. The Bertz CT molecular complexity index is 1330. The van der Waals surface area contributed by atoms with Crippen molar-refractivity contribution in [1.82, 2.24) is 19.9 Å². The minimum absolute atomic E-state index is 0.633. The Morgan fingerprint density at radius 2 is 0.939 bits per heavy atom. The van der Waals surface area contributed by atoms with Gasteiger partial charge in [0.25, 0.3) is 0 Å². The predicted molar refractivity (Wildman–Crippen MR) is 133 cm³/mol. The first-order valence-corrected chi connectivity index (χ1v) is 11.7. The predicted octanol–water partition coefficient (Wildman–Crippen LogP) is 4.97. The number of nitrogens with two attached hydrogens (primary N) is 1. The molecule has 6 rings (SSSR count). The van der Waals surface area contributed by atoms with E-state index in [2.05, 4.69) is 65.3 Å². The second-order valence-electron chi connectivity index (χ2n) is 7.69. The van der Waals surface area contributed by atoms with Gasteiger partial charge in [0.2, 0.25) is 0 Å². The van der Waals surface area contributed by atoms with Crippen molar-refractivity contribution < 1.29 is 21.1 Å². The SMILES string of the molecule is C1=Cc2cc3ccc(cc4nc(cc5ccc(cc1n2)[nH]5)C=C4)[nH]3.NCc1cc[c]([Au])cc1. The molecule has 166 valence electrons. The molecular weight excluding hydrogens is 591 g/mol. The van der Waals surface area contributed by atoms with Crippen molar-refractivity contribution in [3.05, 3.63) is 101 Å². The van der Waals surface area contributed by atoms with E-state index >= 15 is 0 Å². The molecule has 0 unspecified atom stereocenters. The van der Waals surface area contributed by atoms with Gasteiger partial charge in [-0.25, -0.2) is 9.97 Å². The molecule has 0 amide bonds. The number of H-pyrrole nitrogens is 2. The third-order valence-corrected chi connectivity index (χ3v) is 5.89. The number of aromatic nitrogens is 4. The van der Waals surface area contributed by atoms with Gasteiger partial charge in [-0.1, -0.05) is 0 Å². The fraction of sp³-hybridized carbons (Fsp3) is 0.0370. The zero-order valence-corrected chi connectivity index (χ0v) is 19.9. The third-order valence-electron chi connectivity index (χ3n) is 5.17. The topological polar surface area (TPSA) is 83.4 Å². The summed E-state index contributed by atoms with van der Waals surface area (Å²) in [6.07, 6.45) is 8.09. The van der Waals surface area contributed by atoms with Crippen LogP contribution in [0, 0.1) is 0 Å². The number of aromatic amines is 2. The molecule has 2 aliphatic rings. The molecule has 0 spiro atoms. The van der Waals surface area contributed by atoms with Gasteiger partial charge >= 0.3 is 67.0 Å². The van der Waals surface area contributed by atoms with Crippen molar-refractivity contribution in [2.45, 2.75) is 6.54 Å². The number of benzene rings is 1. The molecule has 4 aromatic rings. The molecule has 5 heterocycles.